The van der Waals surface area contributed by atoms with Crippen LogP contribution in [0.25, 0.3) is 0 Å². The fraction of sp³-hybridized carbons (Fsp3) is 0.333. The standard InChI is InChI=1S/C18H20BrFO/c1-4-12-6-7-14(10-13(12)5-2)18(19)15-8-9-16(20)17(11-15)21-3/h6-11,18H,4-5H2,1-3H3. The summed E-state index contributed by atoms with van der Waals surface area (Å²) in [6.07, 6.45) is 2.06. The molecule has 0 aliphatic heterocycles. The number of rotatable bonds is 5. The average molecular weight is 351 g/mol. The number of halogens is 2. The van der Waals surface area contributed by atoms with Gasteiger partial charge in [0.1, 0.15) is 0 Å². The van der Waals surface area contributed by atoms with Gasteiger partial charge in [0, 0.05) is 0 Å². The zero-order chi connectivity index (χ0) is 15.4. The summed E-state index contributed by atoms with van der Waals surface area (Å²) < 4.78 is 18.6. The Balaban J connectivity index is 2.37. The molecule has 1 unspecified atom stereocenters. The fourth-order valence-corrected chi connectivity index (χ4v) is 3.07. The third-order valence-electron chi connectivity index (χ3n) is 3.75. The van der Waals surface area contributed by atoms with Gasteiger partial charge in [0.15, 0.2) is 11.6 Å². The lowest BCUT2D eigenvalue weighted by atomic mass is 9.96. The van der Waals surface area contributed by atoms with E-state index in [1.807, 2.05) is 0 Å². The van der Waals surface area contributed by atoms with Crippen LogP contribution in [-0.2, 0) is 12.8 Å². The van der Waals surface area contributed by atoms with E-state index in [-0.39, 0.29) is 16.4 Å². The molecule has 0 N–H and O–H groups in total. The summed E-state index contributed by atoms with van der Waals surface area (Å²) in [5, 5.41) is 0. The molecule has 0 saturated carbocycles. The van der Waals surface area contributed by atoms with Crippen LogP contribution in [0, 0.1) is 5.82 Å². The Hall–Kier alpha value is -1.35. The Morgan fingerprint density at radius 2 is 1.62 bits per heavy atom. The van der Waals surface area contributed by atoms with Gasteiger partial charge in [-0.3, -0.25) is 0 Å². The van der Waals surface area contributed by atoms with Crippen LogP contribution in [-0.4, -0.2) is 7.11 Å². The van der Waals surface area contributed by atoms with E-state index in [0.29, 0.717) is 0 Å². The lowest BCUT2D eigenvalue weighted by Gasteiger charge is -2.15. The molecule has 1 atom stereocenters. The van der Waals surface area contributed by atoms with Gasteiger partial charge in [0.05, 0.1) is 11.9 Å². The second kappa shape index (κ2) is 7.08. The summed E-state index contributed by atoms with van der Waals surface area (Å²) in [4.78, 5) is 0.0307. The quantitative estimate of drug-likeness (QED) is 0.652. The van der Waals surface area contributed by atoms with Crippen LogP contribution in [0.2, 0.25) is 0 Å². The Morgan fingerprint density at radius 1 is 1.00 bits per heavy atom. The summed E-state index contributed by atoms with van der Waals surface area (Å²) in [5.74, 6) is -0.0608. The minimum absolute atomic E-state index is 0.0307. The highest BCUT2D eigenvalue weighted by molar-refractivity contribution is 9.09. The second-order valence-electron chi connectivity index (χ2n) is 4.99. The highest BCUT2D eigenvalue weighted by atomic mass is 79.9. The Morgan fingerprint density at radius 3 is 2.24 bits per heavy atom. The zero-order valence-corrected chi connectivity index (χ0v) is 14.2. The lowest BCUT2D eigenvalue weighted by molar-refractivity contribution is 0.386. The molecule has 0 fully saturated rings. The molecule has 0 amide bonds. The zero-order valence-electron chi connectivity index (χ0n) is 12.6. The second-order valence-corrected chi connectivity index (χ2v) is 5.91. The van der Waals surface area contributed by atoms with E-state index < -0.39 is 0 Å². The van der Waals surface area contributed by atoms with E-state index in [2.05, 4.69) is 48.0 Å². The molecule has 0 spiro atoms. The van der Waals surface area contributed by atoms with Crippen molar-refractivity contribution in [2.75, 3.05) is 7.11 Å². The van der Waals surface area contributed by atoms with Crippen molar-refractivity contribution in [3.63, 3.8) is 0 Å². The fourth-order valence-electron chi connectivity index (χ4n) is 2.50. The van der Waals surface area contributed by atoms with Crippen molar-refractivity contribution < 1.29 is 9.13 Å². The molecule has 0 aromatic heterocycles. The van der Waals surface area contributed by atoms with Gasteiger partial charge in [0.2, 0.25) is 0 Å². The minimum atomic E-state index is -0.337. The number of benzene rings is 2. The van der Waals surface area contributed by atoms with Gasteiger partial charge in [0.25, 0.3) is 0 Å². The first kappa shape index (κ1) is 16.0. The molecule has 2 aromatic rings. The van der Waals surface area contributed by atoms with Gasteiger partial charge < -0.3 is 4.74 Å². The number of ether oxygens (including phenoxy) is 1. The highest BCUT2D eigenvalue weighted by Crippen LogP contribution is 2.34. The predicted molar refractivity (Wildman–Crippen MR) is 88.9 cm³/mol. The molecule has 2 aromatic carbocycles. The van der Waals surface area contributed by atoms with Crippen molar-refractivity contribution in [2.24, 2.45) is 0 Å². The molecular formula is C18H20BrFO. The molecule has 2 rings (SSSR count). The van der Waals surface area contributed by atoms with Crippen molar-refractivity contribution >= 4 is 15.9 Å². The average Bonchev–Trinajstić information content (AvgIpc) is 2.53. The summed E-state index contributed by atoms with van der Waals surface area (Å²) in [6, 6.07) is 11.5. The summed E-state index contributed by atoms with van der Waals surface area (Å²) >= 11 is 3.71. The predicted octanol–water partition coefficient (Wildman–Crippen LogP) is 5.44. The van der Waals surface area contributed by atoms with Crippen LogP contribution in [0.15, 0.2) is 36.4 Å². The molecule has 0 bridgehead atoms. The van der Waals surface area contributed by atoms with E-state index in [9.17, 15) is 4.39 Å². The maximum absolute atomic E-state index is 13.5. The third-order valence-corrected chi connectivity index (χ3v) is 4.81. The van der Waals surface area contributed by atoms with E-state index in [4.69, 9.17) is 4.74 Å². The third kappa shape index (κ3) is 3.46. The van der Waals surface area contributed by atoms with Gasteiger partial charge in [-0.1, -0.05) is 54.0 Å². The maximum Gasteiger partial charge on any atom is 0.165 e. The van der Waals surface area contributed by atoms with Gasteiger partial charge in [-0.15, -0.1) is 0 Å². The van der Waals surface area contributed by atoms with Gasteiger partial charge >= 0.3 is 0 Å². The molecule has 0 radical (unpaired) electrons. The number of hydrogen-bond donors (Lipinski definition) is 0. The largest absolute Gasteiger partial charge is 0.494 e. The highest BCUT2D eigenvalue weighted by Gasteiger charge is 2.14. The number of methoxy groups -OCH3 is 1. The van der Waals surface area contributed by atoms with Crippen molar-refractivity contribution in [1.82, 2.24) is 0 Å². The van der Waals surface area contributed by atoms with Crippen LogP contribution < -0.4 is 4.74 Å². The van der Waals surface area contributed by atoms with Crippen molar-refractivity contribution in [2.45, 2.75) is 31.5 Å². The molecule has 0 aliphatic rings. The number of alkyl halides is 1. The molecule has 1 nitrogen and oxygen atoms in total. The lowest BCUT2D eigenvalue weighted by Crippen LogP contribution is -1.99. The maximum atomic E-state index is 13.5. The molecule has 0 saturated heterocycles. The molecule has 0 heterocycles. The Bertz CT molecular complexity index is 625. The molecule has 0 aliphatic carbocycles. The first-order valence-corrected chi connectivity index (χ1v) is 8.11. The van der Waals surface area contributed by atoms with E-state index >= 15 is 0 Å². The monoisotopic (exact) mass is 350 g/mol. The molecule has 21 heavy (non-hydrogen) atoms. The SMILES string of the molecule is CCc1ccc(C(Br)c2ccc(F)c(OC)c2)cc1CC. The van der Waals surface area contributed by atoms with Crippen molar-refractivity contribution in [3.05, 3.63) is 64.5 Å². The topological polar surface area (TPSA) is 9.23 Å². The van der Waals surface area contributed by atoms with Crippen LogP contribution in [0.5, 0.6) is 5.75 Å². The van der Waals surface area contributed by atoms with Crippen LogP contribution in [0.4, 0.5) is 4.39 Å². The van der Waals surface area contributed by atoms with Gasteiger partial charge in [-0.05, 0) is 47.2 Å². The first-order valence-electron chi connectivity index (χ1n) is 7.19. The van der Waals surface area contributed by atoms with Crippen molar-refractivity contribution in [3.8, 4) is 5.75 Å². The Labute approximate surface area is 134 Å². The van der Waals surface area contributed by atoms with Crippen LogP contribution in [0.1, 0.15) is 40.9 Å². The van der Waals surface area contributed by atoms with Crippen LogP contribution in [0.3, 0.4) is 0 Å². The first-order chi connectivity index (χ1) is 10.1. The number of aryl methyl sites for hydroxylation is 2. The molecular weight excluding hydrogens is 331 g/mol. The summed E-state index contributed by atoms with van der Waals surface area (Å²) in [6.45, 7) is 4.34. The molecule has 3 heteroatoms. The van der Waals surface area contributed by atoms with E-state index in [1.54, 1.807) is 12.1 Å². The van der Waals surface area contributed by atoms with Gasteiger partial charge in [-0.2, -0.15) is 0 Å². The summed E-state index contributed by atoms with van der Waals surface area (Å²) in [7, 11) is 1.48. The summed E-state index contributed by atoms with van der Waals surface area (Å²) in [5.41, 5.74) is 4.92. The Kier molecular flexibility index (Phi) is 5.40. The van der Waals surface area contributed by atoms with Crippen LogP contribution >= 0.6 is 15.9 Å². The minimum Gasteiger partial charge on any atom is -0.494 e. The normalized spacial score (nSPS) is 12.2. The van der Waals surface area contributed by atoms with Crippen molar-refractivity contribution in [1.29, 1.82) is 0 Å². The number of hydrogen-bond acceptors (Lipinski definition) is 1. The van der Waals surface area contributed by atoms with Gasteiger partial charge in [-0.25, -0.2) is 4.39 Å². The van der Waals surface area contributed by atoms with E-state index in [1.165, 1.54) is 29.9 Å². The van der Waals surface area contributed by atoms with E-state index in [0.717, 1.165) is 18.4 Å². The molecule has 112 valence electrons. The smallest absolute Gasteiger partial charge is 0.165 e.